The van der Waals surface area contributed by atoms with Gasteiger partial charge in [-0.2, -0.15) is 0 Å². The molecule has 0 spiro atoms. The van der Waals surface area contributed by atoms with Gasteiger partial charge in [-0.05, 0) is 51.4 Å². The number of aromatic amines is 1. The second-order valence-corrected chi connectivity index (χ2v) is 7.47. The first kappa shape index (κ1) is 21.7. The van der Waals surface area contributed by atoms with Crippen LogP contribution in [0.25, 0.3) is 11.0 Å². The molecule has 1 aromatic heterocycles. The van der Waals surface area contributed by atoms with Crippen molar-refractivity contribution in [1.82, 2.24) is 19.8 Å². The van der Waals surface area contributed by atoms with Gasteiger partial charge in [0.1, 0.15) is 5.82 Å². The van der Waals surface area contributed by atoms with Crippen LogP contribution in [0.5, 0.6) is 0 Å². The van der Waals surface area contributed by atoms with Crippen molar-refractivity contribution in [1.29, 1.82) is 0 Å². The average molecular weight is 433 g/mol. The summed E-state index contributed by atoms with van der Waals surface area (Å²) in [5.41, 5.74) is 0.135. The molecular weight excluding hydrogens is 411 g/mol. The summed E-state index contributed by atoms with van der Waals surface area (Å²) in [6, 6.07) is 8.67. The number of carbonyl (C=O) groups excluding carboxylic acids is 1. The maximum absolute atomic E-state index is 14.3. The highest BCUT2D eigenvalue weighted by Gasteiger charge is 2.22. The Kier molecular flexibility index (Phi) is 6.38. The van der Waals surface area contributed by atoms with Gasteiger partial charge in [0, 0.05) is 29.2 Å². The second kappa shape index (κ2) is 8.81. The number of fused-ring (bicyclic) bond motifs is 1. The summed E-state index contributed by atoms with van der Waals surface area (Å²) in [5, 5.41) is 3.07. The first-order valence-corrected chi connectivity index (χ1v) is 9.77. The van der Waals surface area contributed by atoms with E-state index in [1.807, 2.05) is 0 Å². The molecule has 1 atom stereocenters. The highest BCUT2D eigenvalue weighted by Crippen LogP contribution is 2.28. The fourth-order valence-electron chi connectivity index (χ4n) is 3.40. The Labute approximate surface area is 177 Å². The number of nitrogens with zero attached hydrogens (tertiary/aromatic N) is 2. The van der Waals surface area contributed by atoms with Gasteiger partial charge in [-0.1, -0.05) is 17.7 Å². The molecule has 3 aromatic rings. The largest absolute Gasteiger partial charge is 0.350 e. The number of carbonyl (C=O) groups is 1. The lowest BCUT2D eigenvalue weighted by atomic mass is 10.0. The molecule has 1 heterocycles. The molecule has 9 heteroatoms. The van der Waals surface area contributed by atoms with Crippen molar-refractivity contribution in [2.75, 3.05) is 20.6 Å². The van der Waals surface area contributed by atoms with Crippen molar-refractivity contribution in [3.05, 3.63) is 79.1 Å². The lowest BCUT2D eigenvalue weighted by Crippen LogP contribution is -2.36. The molecule has 0 saturated heterocycles. The molecule has 3 rings (SSSR count). The van der Waals surface area contributed by atoms with E-state index < -0.39 is 28.9 Å². The van der Waals surface area contributed by atoms with E-state index in [2.05, 4.69) is 10.3 Å². The molecule has 0 aliphatic heterocycles. The molecule has 2 aromatic carbocycles. The van der Waals surface area contributed by atoms with Gasteiger partial charge >= 0.3 is 11.1 Å². The normalized spacial score (nSPS) is 12.3. The van der Waals surface area contributed by atoms with E-state index in [0.29, 0.717) is 28.7 Å². The summed E-state index contributed by atoms with van der Waals surface area (Å²) in [6.07, 6.45) is 0. The van der Waals surface area contributed by atoms with Crippen molar-refractivity contribution < 1.29 is 9.18 Å². The quantitative estimate of drug-likeness (QED) is 0.586. The molecule has 0 aliphatic carbocycles. The van der Waals surface area contributed by atoms with Crippen LogP contribution in [-0.2, 0) is 6.54 Å². The van der Waals surface area contributed by atoms with Gasteiger partial charge < -0.3 is 19.8 Å². The Hall–Kier alpha value is -2.97. The summed E-state index contributed by atoms with van der Waals surface area (Å²) in [6.45, 7) is 2.21. The number of benzene rings is 2. The topological polar surface area (TPSA) is 87.2 Å². The Morgan fingerprint density at radius 1 is 1.27 bits per heavy atom. The Bertz CT molecular complexity index is 1200. The summed E-state index contributed by atoms with van der Waals surface area (Å²) >= 11 is 6.18. The fourth-order valence-corrected chi connectivity index (χ4v) is 3.69. The molecule has 0 fully saturated rings. The van der Waals surface area contributed by atoms with Crippen LogP contribution in [-0.4, -0.2) is 41.0 Å². The summed E-state index contributed by atoms with van der Waals surface area (Å²) < 4.78 is 15.7. The predicted octanol–water partition coefficient (Wildman–Crippen LogP) is 2.53. The van der Waals surface area contributed by atoms with Crippen LogP contribution in [0.2, 0.25) is 5.02 Å². The van der Waals surface area contributed by atoms with Gasteiger partial charge in [0.25, 0.3) is 5.91 Å². The van der Waals surface area contributed by atoms with Crippen LogP contribution < -0.4 is 16.4 Å². The van der Waals surface area contributed by atoms with Gasteiger partial charge in [-0.25, -0.2) is 4.39 Å². The van der Waals surface area contributed by atoms with Crippen molar-refractivity contribution in [3.8, 4) is 0 Å². The van der Waals surface area contributed by atoms with Gasteiger partial charge in [-0.15, -0.1) is 0 Å². The number of H-pyrrole nitrogens is 1. The Morgan fingerprint density at radius 3 is 2.63 bits per heavy atom. The predicted molar refractivity (Wildman–Crippen MR) is 115 cm³/mol. The molecular formula is C21H22ClFN4O3. The van der Waals surface area contributed by atoms with E-state index in [1.165, 1.54) is 22.8 Å². The van der Waals surface area contributed by atoms with Gasteiger partial charge in [0.05, 0.1) is 17.1 Å². The van der Waals surface area contributed by atoms with Crippen LogP contribution in [0.3, 0.4) is 0 Å². The first-order chi connectivity index (χ1) is 14.2. The smallest absolute Gasteiger partial charge is 0.316 e. The van der Waals surface area contributed by atoms with Crippen LogP contribution in [0.15, 0.2) is 46.0 Å². The van der Waals surface area contributed by atoms with Gasteiger partial charge in [-0.3, -0.25) is 14.4 Å². The fraction of sp³-hybridized carbons (Fsp3) is 0.286. The van der Waals surface area contributed by atoms with Crippen molar-refractivity contribution in [3.63, 3.8) is 0 Å². The number of rotatable bonds is 6. The zero-order chi connectivity index (χ0) is 22.0. The number of aryl methyl sites for hydroxylation is 1. The Morgan fingerprint density at radius 2 is 2.00 bits per heavy atom. The highest BCUT2D eigenvalue weighted by atomic mass is 35.5. The van der Waals surface area contributed by atoms with Crippen molar-refractivity contribution in [2.45, 2.75) is 19.5 Å². The third-order valence-electron chi connectivity index (χ3n) is 4.97. The summed E-state index contributed by atoms with van der Waals surface area (Å²) in [7, 11) is 3.54. The lowest BCUT2D eigenvalue weighted by Gasteiger charge is -2.26. The number of aromatic nitrogens is 2. The highest BCUT2D eigenvalue weighted by molar-refractivity contribution is 6.31. The maximum atomic E-state index is 14.3. The molecule has 1 amide bonds. The Balaban J connectivity index is 1.88. The van der Waals surface area contributed by atoms with Crippen LogP contribution in [0.4, 0.5) is 4.39 Å². The summed E-state index contributed by atoms with van der Waals surface area (Å²) in [4.78, 5) is 40.8. The van der Waals surface area contributed by atoms with Gasteiger partial charge in [0.15, 0.2) is 0 Å². The molecule has 0 bridgehead atoms. The third-order valence-corrected chi connectivity index (χ3v) is 5.30. The molecule has 0 aliphatic rings. The number of nitrogens with one attached hydrogen (secondary N) is 2. The molecule has 2 N–H and O–H groups in total. The van der Waals surface area contributed by atoms with E-state index in [4.69, 9.17) is 11.6 Å². The third kappa shape index (κ3) is 4.15. The number of amides is 1. The van der Waals surface area contributed by atoms with Crippen molar-refractivity contribution >= 4 is 28.5 Å². The van der Waals surface area contributed by atoms with E-state index in [1.54, 1.807) is 44.1 Å². The maximum Gasteiger partial charge on any atom is 0.316 e. The van der Waals surface area contributed by atoms with Crippen LogP contribution >= 0.6 is 11.6 Å². The van der Waals surface area contributed by atoms with Crippen molar-refractivity contribution in [2.24, 2.45) is 0 Å². The lowest BCUT2D eigenvalue weighted by molar-refractivity contribution is 0.0941. The van der Waals surface area contributed by atoms with Gasteiger partial charge in [0.2, 0.25) is 0 Å². The summed E-state index contributed by atoms with van der Waals surface area (Å²) in [5.74, 6) is -0.845. The number of hydrogen-bond acceptors (Lipinski definition) is 4. The molecule has 7 nitrogen and oxygen atoms in total. The minimum atomic E-state index is -0.747. The van der Waals surface area contributed by atoms with E-state index in [-0.39, 0.29) is 11.6 Å². The molecule has 30 heavy (non-hydrogen) atoms. The minimum Gasteiger partial charge on any atom is -0.350 e. The molecule has 158 valence electrons. The standard InChI is InChI=1S/C21H22ClFN4O3/c1-4-27-16-9-8-12(10-15(16)25-20(29)21(27)30)19(28)24-11-17(26(2)3)18-13(22)6-5-7-14(18)23/h5-10,17H,4,11H2,1-3H3,(H,24,28)(H,25,29). The molecule has 0 radical (unpaired) electrons. The number of hydrogen-bond donors (Lipinski definition) is 2. The molecule has 1 unspecified atom stereocenters. The van der Waals surface area contributed by atoms with Crippen LogP contribution in [0, 0.1) is 5.82 Å². The zero-order valence-corrected chi connectivity index (χ0v) is 17.6. The van der Waals surface area contributed by atoms with Crippen LogP contribution in [0.1, 0.15) is 28.9 Å². The monoisotopic (exact) mass is 432 g/mol. The minimum absolute atomic E-state index is 0.121. The molecule has 0 saturated carbocycles. The van der Waals surface area contributed by atoms with E-state index >= 15 is 0 Å². The number of halogens is 2. The number of likely N-dealkylation sites (N-methyl/N-ethyl adjacent to an activating group) is 1. The van der Waals surface area contributed by atoms with E-state index in [9.17, 15) is 18.8 Å². The zero-order valence-electron chi connectivity index (χ0n) is 16.8. The SMILES string of the molecule is CCn1c(=O)c(=O)[nH]c2cc(C(=O)NCC(c3c(F)cccc3Cl)N(C)C)ccc21. The second-order valence-electron chi connectivity index (χ2n) is 7.06. The average Bonchev–Trinajstić information content (AvgIpc) is 2.70. The van der Waals surface area contributed by atoms with E-state index in [0.717, 1.165) is 0 Å². The first-order valence-electron chi connectivity index (χ1n) is 9.40.